The zero-order chi connectivity index (χ0) is 15.4. The van der Waals surface area contributed by atoms with Crippen LogP contribution in [0.3, 0.4) is 0 Å². The first-order valence-electron chi connectivity index (χ1n) is 7.41. The standard InChI is InChI=1S/C16H23N3O2/c1-4-12(2)15(20)16(21)17-9-10-19-11-18(3)13-7-5-6-8-14(13)19/h5-8,12H,4,9-11H2,1-3H3,(H,17,21)/t12-/m0/s1. The molecule has 0 spiro atoms. The van der Waals surface area contributed by atoms with Gasteiger partial charge in [-0.15, -0.1) is 0 Å². The fraction of sp³-hybridized carbons (Fsp3) is 0.500. The third kappa shape index (κ3) is 3.35. The molecule has 0 unspecified atom stereocenters. The van der Waals surface area contributed by atoms with E-state index in [1.54, 1.807) is 6.92 Å². The van der Waals surface area contributed by atoms with Gasteiger partial charge in [-0.1, -0.05) is 26.0 Å². The number of benzene rings is 1. The molecule has 1 N–H and O–H groups in total. The number of nitrogens with zero attached hydrogens (tertiary/aromatic N) is 2. The third-order valence-corrected chi connectivity index (χ3v) is 3.97. The maximum Gasteiger partial charge on any atom is 0.287 e. The van der Waals surface area contributed by atoms with E-state index >= 15 is 0 Å². The molecule has 1 aliphatic heterocycles. The first kappa shape index (κ1) is 15.4. The Balaban J connectivity index is 1.85. The monoisotopic (exact) mass is 289 g/mol. The van der Waals surface area contributed by atoms with Crippen LogP contribution in [0.5, 0.6) is 0 Å². The minimum absolute atomic E-state index is 0.205. The molecule has 5 heteroatoms. The Morgan fingerprint density at radius 1 is 1.29 bits per heavy atom. The van der Waals surface area contributed by atoms with Crippen molar-refractivity contribution in [1.82, 2.24) is 5.32 Å². The van der Waals surface area contributed by atoms with E-state index in [-0.39, 0.29) is 11.7 Å². The summed E-state index contributed by atoms with van der Waals surface area (Å²) in [5.41, 5.74) is 2.36. The number of carbonyl (C=O) groups excluding carboxylic acids is 2. The minimum atomic E-state index is -0.467. The van der Waals surface area contributed by atoms with Gasteiger partial charge in [-0.3, -0.25) is 9.59 Å². The van der Waals surface area contributed by atoms with Crippen molar-refractivity contribution < 1.29 is 9.59 Å². The number of fused-ring (bicyclic) bond motifs is 1. The number of amides is 1. The van der Waals surface area contributed by atoms with Crippen molar-refractivity contribution >= 4 is 23.1 Å². The van der Waals surface area contributed by atoms with Crippen LogP contribution in [-0.2, 0) is 9.59 Å². The van der Waals surface area contributed by atoms with E-state index in [0.29, 0.717) is 19.5 Å². The summed E-state index contributed by atoms with van der Waals surface area (Å²) in [5.74, 6) is -0.995. The van der Waals surface area contributed by atoms with Crippen LogP contribution in [0.4, 0.5) is 11.4 Å². The van der Waals surface area contributed by atoms with Crippen molar-refractivity contribution in [2.45, 2.75) is 20.3 Å². The van der Waals surface area contributed by atoms with Gasteiger partial charge in [0.25, 0.3) is 5.91 Å². The predicted octanol–water partition coefficient (Wildman–Crippen LogP) is 1.63. The summed E-state index contributed by atoms with van der Waals surface area (Å²) in [4.78, 5) is 27.8. The van der Waals surface area contributed by atoms with E-state index in [2.05, 4.69) is 27.2 Å². The van der Waals surface area contributed by atoms with E-state index in [9.17, 15) is 9.59 Å². The summed E-state index contributed by atoms with van der Waals surface area (Å²) < 4.78 is 0. The Hall–Kier alpha value is -2.04. The van der Waals surface area contributed by atoms with Gasteiger partial charge >= 0.3 is 0 Å². The van der Waals surface area contributed by atoms with Crippen LogP contribution in [0.2, 0.25) is 0 Å². The number of nitrogens with one attached hydrogen (secondary N) is 1. The van der Waals surface area contributed by atoms with Crippen LogP contribution in [-0.4, -0.2) is 38.5 Å². The summed E-state index contributed by atoms with van der Waals surface area (Å²) in [6.07, 6.45) is 0.691. The molecule has 21 heavy (non-hydrogen) atoms. The fourth-order valence-corrected chi connectivity index (χ4v) is 2.45. The average molecular weight is 289 g/mol. The molecule has 0 saturated heterocycles. The van der Waals surface area contributed by atoms with Gasteiger partial charge in [0.1, 0.15) is 0 Å². The molecule has 2 rings (SSSR count). The van der Waals surface area contributed by atoms with Crippen LogP contribution in [0.1, 0.15) is 20.3 Å². The number of para-hydroxylation sites is 2. The minimum Gasteiger partial charge on any atom is -0.355 e. The molecule has 1 aromatic carbocycles. The Morgan fingerprint density at radius 3 is 2.62 bits per heavy atom. The van der Waals surface area contributed by atoms with Crippen molar-refractivity contribution in [3.8, 4) is 0 Å². The molecule has 0 aliphatic carbocycles. The lowest BCUT2D eigenvalue weighted by Gasteiger charge is -2.19. The Morgan fingerprint density at radius 2 is 1.95 bits per heavy atom. The van der Waals surface area contributed by atoms with Gasteiger partial charge in [0.05, 0.1) is 18.0 Å². The number of hydrogen-bond donors (Lipinski definition) is 1. The molecule has 5 nitrogen and oxygen atoms in total. The highest BCUT2D eigenvalue weighted by Gasteiger charge is 2.23. The zero-order valence-electron chi connectivity index (χ0n) is 12.9. The second kappa shape index (κ2) is 6.61. The summed E-state index contributed by atoms with van der Waals surface area (Å²) >= 11 is 0. The highest BCUT2D eigenvalue weighted by Crippen LogP contribution is 2.33. The average Bonchev–Trinajstić information content (AvgIpc) is 2.82. The van der Waals surface area contributed by atoms with Gasteiger partial charge in [0.2, 0.25) is 5.78 Å². The molecule has 0 saturated carbocycles. The molecule has 0 radical (unpaired) electrons. The molecule has 1 atom stereocenters. The Labute approximate surface area is 125 Å². The van der Waals surface area contributed by atoms with E-state index in [0.717, 1.165) is 6.67 Å². The topological polar surface area (TPSA) is 52.7 Å². The summed E-state index contributed by atoms with van der Waals surface area (Å²) in [7, 11) is 2.05. The molecule has 0 aromatic heterocycles. The molecule has 1 amide bonds. The second-order valence-electron chi connectivity index (χ2n) is 5.52. The molecule has 1 aromatic rings. The second-order valence-corrected chi connectivity index (χ2v) is 5.52. The van der Waals surface area contributed by atoms with Gasteiger partial charge in [-0.05, 0) is 18.6 Å². The largest absolute Gasteiger partial charge is 0.355 e. The smallest absolute Gasteiger partial charge is 0.287 e. The van der Waals surface area contributed by atoms with Crippen molar-refractivity contribution in [2.24, 2.45) is 5.92 Å². The maximum atomic E-state index is 11.7. The van der Waals surface area contributed by atoms with E-state index in [1.165, 1.54) is 11.4 Å². The van der Waals surface area contributed by atoms with Crippen LogP contribution in [0, 0.1) is 5.92 Å². The first-order chi connectivity index (χ1) is 10.0. The van der Waals surface area contributed by atoms with E-state index in [1.807, 2.05) is 26.1 Å². The van der Waals surface area contributed by atoms with Crippen molar-refractivity contribution in [2.75, 3.05) is 36.6 Å². The molecule has 114 valence electrons. The van der Waals surface area contributed by atoms with Crippen LogP contribution < -0.4 is 15.1 Å². The highest BCUT2D eigenvalue weighted by atomic mass is 16.2. The number of rotatable bonds is 6. The van der Waals surface area contributed by atoms with Crippen molar-refractivity contribution in [3.05, 3.63) is 24.3 Å². The van der Waals surface area contributed by atoms with Crippen LogP contribution in [0.15, 0.2) is 24.3 Å². The SMILES string of the molecule is CC[C@H](C)C(=O)C(=O)NCCN1CN(C)c2ccccc21. The number of carbonyl (C=O) groups is 2. The molecular formula is C16H23N3O2. The van der Waals surface area contributed by atoms with Gasteiger partial charge in [0, 0.05) is 26.1 Å². The highest BCUT2D eigenvalue weighted by molar-refractivity contribution is 6.36. The quantitative estimate of drug-likeness (QED) is 0.809. The molecule has 0 bridgehead atoms. The molecule has 0 fully saturated rings. The number of Topliss-reactive ketones (excluding diaryl/α,β-unsaturated/α-hetero) is 1. The fourth-order valence-electron chi connectivity index (χ4n) is 2.45. The first-order valence-corrected chi connectivity index (χ1v) is 7.41. The summed E-state index contributed by atoms with van der Waals surface area (Å²) in [5, 5.41) is 2.72. The Bertz CT molecular complexity index is 530. The van der Waals surface area contributed by atoms with Gasteiger partial charge in [-0.2, -0.15) is 0 Å². The van der Waals surface area contributed by atoms with Crippen LogP contribution >= 0.6 is 0 Å². The molecule has 1 aliphatic rings. The summed E-state index contributed by atoms with van der Waals surface area (Å²) in [6.45, 7) is 5.67. The van der Waals surface area contributed by atoms with Gasteiger partial charge < -0.3 is 15.1 Å². The van der Waals surface area contributed by atoms with E-state index < -0.39 is 5.91 Å². The van der Waals surface area contributed by atoms with Crippen LogP contribution in [0.25, 0.3) is 0 Å². The zero-order valence-corrected chi connectivity index (χ0v) is 12.9. The molecular weight excluding hydrogens is 266 g/mol. The van der Waals surface area contributed by atoms with E-state index in [4.69, 9.17) is 0 Å². The van der Waals surface area contributed by atoms with Gasteiger partial charge in [0.15, 0.2) is 0 Å². The lowest BCUT2D eigenvalue weighted by molar-refractivity contribution is -0.139. The lowest BCUT2D eigenvalue weighted by atomic mass is 10.0. The third-order valence-electron chi connectivity index (χ3n) is 3.97. The number of ketones is 1. The molecule has 1 heterocycles. The number of hydrogen-bond acceptors (Lipinski definition) is 4. The maximum absolute atomic E-state index is 11.7. The summed E-state index contributed by atoms with van der Waals surface area (Å²) in [6, 6.07) is 8.19. The van der Waals surface area contributed by atoms with Gasteiger partial charge in [-0.25, -0.2) is 0 Å². The predicted molar refractivity (Wildman–Crippen MR) is 84.5 cm³/mol. The Kier molecular flexibility index (Phi) is 4.83. The van der Waals surface area contributed by atoms with Crippen molar-refractivity contribution in [1.29, 1.82) is 0 Å². The number of anilines is 2. The normalized spacial score (nSPS) is 14.8. The van der Waals surface area contributed by atoms with Crippen molar-refractivity contribution in [3.63, 3.8) is 0 Å². The lowest BCUT2D eigenvalue weighted by Crippen LogP contribution is -2.40.